The maximum atomic E-state index is 12.8. The van der Waals surface area contributed by atoms with Gasteiger partial charge in [-0.05, 0) is 50.2 Å². The van der Waals surface area contributed by atoms with Crippen LogP contribution in [-0.2, 0) is 18.3 Å². The van der Waals surface area contributed by atoms with Gasteiger partial charge in [0.1, 0.15) is 5.82 Å². The maximum Gasteiger partial charge on any atom is 0.339 e. The summed E-state index contributed by atoms with van der Waals surface area (Å²) in [6.07, 6.45) is 0. The third kappa shape index (κ3) is 5.43. The standard InChI is InChI=1S/C23H26ClN5O4/c1-13(2)25-21(30)14-6-9-19-18(10-14)26-20(29(19)4)12-28(3)23(32)27-17-11-15(24)7-8-16(17)22(31)33-5/h6-11,13H,12H2,1-5H3,(H,25,30)(H,27,32). The molecule has 0 aliphatic rings. The summed E-state index contributed by atoms with van der Waals surface area (Å²) in [7, 11) is 4.72. The number of nitrogens with zero attached hydrogens (tertiary/aromatic N) is 3. The normalized spacial score (nSPS) is 10.9. The monoisotopic (exact) mass is 471 g/mol. The Morgan fingerprint density at radius 1 is 1.18 bits per heavy atom. The van der Waals surface area contributed by atoms with Crippen molar-refractivity contribution < 1.29 is 19.1 Å². The summed E-state index contributed by atoms with van der Waals surface area (Å²) in [6.45, 7) is 3.99. The van der Waals surface area contributed by atoms with E-state index in [1.54, 1.807) is 25.2 Å². The van der Waals surface area contributed by atoms with E-state index in [0.29, 0.717) is 21.9 Å². The number of amides is 3. The predicted octanol–water partition coefficient (Wildman–Crippen LogP) is 3.82. The average molecular weight is 472 g/mol. The number of rotatable bonds is 6. The maximum absolute atomic E-state index is 12.8. The zero-order valence-corrected chi connectivity index (χ0v) is 19.9. The van der Waals surface area contributed by atoms with E-state index in [0.717, 1.165) is 5.52 Å². The number of anilines is 1. The molecular formula is C23H26ClN5O4. The molecular weight excluding hydrogens is 446 g/mol. The van der Waals surface area contributed by atoms with Crippen molar-refractivity contribution in [3.05, 3.63) is 58.4 Å². The van der Waals surface area contributed by atoms with Gasteiger partial charge in [-0.25, -0.2) is 14.6 Å². The molecule has 2 N–H and O–H groups in total. The third-order valence-corrected chi connectivity index (χ3v) is 5.24. The number of imidazole rings is 1. The number of methoxy groups -OCH3 is 1. The SMILES string of the molecule is COC(=O)c1ccc(Cl)cc1NC(=O)N(C)Cc1nc2cc(C(=O)NC(C)C)ccc2n1C. The minimum absolute atomic E-state index is 0.0267. The predicted molar refractivity (Wildman–Crippen MR) is 127 cm³/mol. The van der Waals surface area contributed by atoms with E-state index in [-0.39, 0.29) is 29.7 Å². The summed E-state index contributed by atoms with van der Waals surface area (Å²) in [5.41, 5.74) is 2.45. The van der Waals surface area contributed by atoms with E-state index in [4.69, 9.17) is 16.3 Å². The molecule has 0 fully saturated rings. The first kappa shape index (κ1) is 24.1. The Hall–Kier alpha value is -3.59. The molecule has 0 radical (unpaired) electrons. The second-order valence-corrected chi connectivity index (χ2v) is 8.32. The van der Waals surface area contributed by atoms with Crippen LogP contribution in [0, 0.1) is 0 Å². The Labute approximate surface area is 196 Å². The summed E-state index contributed by atoms with van der Waals surface area (Å²) in [5.74, 6) is -0.126. The number of aromatic nitrogens is 2. The lowest BCUT2D eigenvalue weighted by Crippen LogP contribution is -2.32. The highest BCUT2D eigenvalue weighted by Crippen LogP contribution is 2.23. The molecule has 3 aromatic rings. The van der Waals surface area contributed by atoms with Crippen LogP contribution < -0.4 is 10.6 Å². The van der Waals surface area contributed by atoms with Gasteiger partial charge in [0.15, 0.2) is 0 Å². The Kier molecular flexibility index (Phi) is 7.23. The summed E-state index contributed by atoms with van der Waals surface area (Å²) in [5, 5.41) is 5.92. The number of ether oxygens (including phenoxy) is 1. The molecule has 3 rings (SSSR count). The first-order valence-corrected chi connectivity index (χ1v) is 10.6. The Bertz CT molecular complexity index is 1220. The third-order valence-electron chi connectivity index (χ3n) is 5.01. The van der Waals surface area contributed by atoms with Gasteiger partial charge in [0.25, 0.3) is 5.91 Å². The van der Waals surface area contributed by atoms with Crippen molar-refractivity contribution in [1.29, 1.82) is 0 Å². The number of benzene rings is 2. The van der Waals surface area contributed by atoms with Gasteiger partial charge in [-0.3, -0.25) is 4.79 Å². The Balaban J connectivity index is 1.79. The van der Waals surface area contributed by atoms with Crippen molar-refractivity contribution in [3.8, 4) is 0 Å². The molecule has 9 nitrogen and oxygen atoms in total. The average Bonchev–Trinajstić information content (AvgIpc) is 3.07. The molecule has 0 aliphatic heterocycles. The summed E-state index contributed by atoms with van der Waals surface area (Å²) in [6, 6.07) is 9.39. The van der Waals surface area contributed by atoms with E-state index < -0.39 is 12.0 Å². The number of carbonyl (C=O) groups excluding carboxylic acids is 3. The molecule has 0 unspecified atom stereocenters. The smallest absolute Gasteiger partial charge is 0.339 e. The number of fused-ring (bicyclic) bond motifs is 1. The molecule has 10 heteroatoms. The Morgan fingerprint density at radius 2 is 1.91 bits per heavy atom. The molecule has 33 heavy (non-hydrogen) atoms. The van der Waals surface area contributed by atoms with Crippen LogP contribution in [-0.4, -0.2) is 52.6 Å². The first-order chi connectivity index (χ1) is 15.6. The van der Waals surface area contributed by atoms with Gasteiger partial charge in [-0.2, -0.15) is 0 Å². The van der Waals surface area contributed by atoms with Crippen LogP contribution >= 0.6 is 11.6 Å². The largest absolute Gasteiger partial charge is 0.465 e. The molecule has 0 saturated heterocycles. The zero-order chi connectivity index (χ0) is 24.3. The minimum atomic E-state index is -0.586. The molecule has 0 aliphatic carbocycles. The van der Waals surface area contributed by atoms with Crippen LogP contribution in [0.1, 0.15) is 40.4 Å². The van der Waals surface area contributed by atoms with Crippen LogP contribution in [0.5, 0.6) is 0 Å². The molecule has 1 aromatic heterocycles. The van der Waals surface area contributed by atoms with Gasteiger partial charge in [0.05, 0.1) is 35.9 Å². The van der Waals surface area contributed by atoms with Crippen molar-refractivity contribution in [3.63, 3.8) is 0 Å². The van der Waals surface area contributed by atoms with E-state index in [9.17, 15) is 14.4 Å². The number of hydrogen-bond donors (Lipinski definition) is 2. The van der Waals surface area contributed by atoms with Gasteiger partial charge in [0.2, 0.25) is 0 Å². The molecule has 0 atom stereocenters. The topological polar surface area (TPSA) is 106 Å². The van der Waals surface area contributed by atoms with E-state index in [1.165, 1.54) is 24.1 Å². The molecule has 0 bridgehead atoms. The van der Waals surface area contributed by atoms with Crippen molar-refractivity contribution >= 4 is 46.2 Å². The van der Waals surface area contributed by atoms with Gasteiger partial charge in [0, 0.05) is 30.7 Å². The quantitative estimate of drug-likeness (QED) is 0.532. The number of urea groups is 1. The minimum Gasteiger partial charge on any atom is -0.465 e. The summed E-state index contributed by atoms with van der Waals surface area (Å²) >= 11 is 6.03. The molecule has 0 saturated carbocycles. The number of halogens is 1. The van der Waals surface area contributed by atoms with Crippen molar-refractivity contribution in [2.24, 2.45) is 7.05 Å². The number of hydrogen-bond acceptors (Lipinski definition) is 5. The van der Waals surface area contributed by atoms with Gasteiger partial charge < -0.3 is 24.8 Å². The van der Waals surface area contributed by atoms with E-state index in [1.807, 2.05) is 31.5 Å². The summed E-state index contributed by atoms with van der Waals surface area (Å²) < 4.78 is 6.63. The van der Waals surface area contributed by atoms with Crippen LogP contribution in [0.15, 0.2) is 36.4 Å². The second kappa shape index (κ2) is 9.91. The number of esters is 1. The first-order valence-electron chi connectivity index (χ1n) is 10.3. The zero-order valence-electron chi connectivity index (χ0n) is 19.1. The van der Waals surface area contributed by atoms with Crippen LogP contribution in [0.3, 0.4) is 0 Å². The van der Waals surface area contributed by atoms with Crippen molar-refractivity contribution in [1.82, 2.24) is 19.8 Å². The fourth-order valence-corrected chi connectivity index (χ4v) is 3.45. The van der Waals surface area contributed by atoms with Crippen LogP contribution in [0.4, 0.5) is 10.5 Å². The number of carbonyl (C=O) groups is 3. The van der Waals surface area contributed by atoms with Crippen LogP contribution in [0.2, 0.25) is 5.02 Å². The fraction of sp³-hybridized carbons (Fsp3) is 0.304. The second-order valence-electron chi connectivity index (χ2n) is 7.89. The molecule has 0 spiro atoms. The lowest BCUT2D eigenvalue weighted by Gasteiger charge is -2.19. The molecule has 3 amide bonds. The van der Waals surface area contributed by atoms with Gasteiger partial charge >= 0.3 is 12.0 Å². The molecule has 1 heterocycles. The van der Waals surface area contributed by atoms with E-state index in [2.05, 4.69) is 15.6 Å². The van der Waals surface area contributed by atoms with Gasteiger partial charge in [-0.1, -0.05) is 11.6 Å². The molecule has 2 aromatic carbocycles. The Morgan fingerprint density at radius 3 is 2.58 bits per heavy atom. The summed E-state index contributed by atoms with van der Waals surface area (Å²) in [4.78, 5) is 43.1. The van der Waals surface area contributed by atoms with Gasteiger partial charge in [-0.15, -0.1) is 0 Å². The van der Waals surface area contributed by atoms with Crippen molar-refractivity contribution in [2.75, 3.05) is 19.5 Å². The number of nitrogens with one attached hydrogen (secondary N) is 2. The number of aryl methyl sites for hydroxylation is 1. The van der Waals surface area contributed by atoms with Crippen LogP contribution in [0.25, 0.3) is 11.0 Å². The van der Waals surface area contributed by atoms with E-state index >= 15 is 0 Å². The lowest BCUT2D eigenvalue weighted by atomic mass is 10.2. The highest BCUT2D eigenvalue weighted by atomic mass is 35.5. The lowest BCUT2D eigenvalue weighted by molar-refractivity contribution is 0.0601. The highest BCUT2D eigenvalue weighted by Gasteiger charge is 2.19. The highest BCUT2D eigenvalue weighted by molar-refractivity contribution is 6.31. The fourth-order valence-electron chi connectivity index (χ4n) is 3.28. The van der Waals surface area contributed by atoms with Crippen molar-refractivity contribution in [2.45, 2.75) is 26.4 Å². The molecule has 174 valence electrons.